The van der Waals surface area contributed by atoms with E-state index in [-0.39, 0.29) is 11.3 Å². The first kappa shape index (κ1) is 31.3. The van der Waals surface area contributed by atoms with Crippen LogP contribution in [0.2, 0.25) is 0 Å². The van der Waals surface area contributed by atoms with Crippen molar-refractivity contribution in [3.63, 3.8) is 0 Å². The topological polar surface area (TPSA) is 9.23 Å². The van der Waals surface area contributed by atoms with E-state index in [0.717, 1.165) is 0 Å². The van der Waals surface area contributed by atoms with Crippen LogP contribution >= 0.6 is 15.8 Å². The van der Waals surface area contributed by atoms with Gasteiger partial charge in [-0.1, -0.05) is 152 Å². The fourth-order valence-electron chi connectivity index (χ4n) is 5.97. The van der Waals surface area contributed by atoms with Gasteiger partial charge in [-0.05, 0) is 92.7 Å². The fourth-order valence-corrected chi connectivity index (χ4v) is 11.5. The summed E-state index contributed by atoms with van der Waals surface area (Å²) in [5.74, 6) is -0.106. The molecule has 5 rings (SSSR count). The normalized spacial score (nSPS) is 12.6. The van der Waals surface area contributed by atoms with Crippen LogP contribution in [0.15, 0.2) is 115 Å². The Morgan fingerprint density at radius 2 is 0.977 bits per heavy atom. The molecule has 0 aliphatic carbocycles. The molecule has 0 heterocycles. The van der Waals surface area contributed by atoms with Gasteiger partial charge in [0.2, 0.25) is 0 Å². The minimum atomic E-state index is -0.865. The van der Waals surface area contributed by atoms with Crippen molar-refractivity contribution in [1.29, 1.82) is 0 Å². The highest BCUT2D eigenvalue weighted by Crippen LogP contribution is 2.51. The molecular weight excluding hydrogens is 558 g/mol. The van der Waals surface area contributed by atoms with Crippen molar-refractivity contribution in [1.82, 2.24) is 0 Å². The lowest BCUT2D eigenvalue weighted by atomic mass is 9.86. The standard InChI is InChI=1S/C40H44OP2/c1-28-21-29(2)24-35(23-28)42(36-25-30(3)22-31(4)26-36)38-27-32(40(5,6)7)19-20-37(38)39(41-8)43(33-15-11-9-12-16-33)34-17-13-10-14-18-34/h9-27,39H,1-8H3/t39-/m1/s1. The first-order valence-corrected chi connectivity index (χ1v) is 17.8. The summed E-state index contributed by atoms with van der Waals surface area (Å²) in [4.78, 5) is 0. The molecule has 1 atom stereocenters. The number of hydrogen-bond acceptors (Lipinski definition) is 1. The van der Waals surface area contributed by atoms with Crippen LogP contribution < -0.4 is 26.5 Å². The van der Waals surface area contributed by atoms with Gasteiger partial charge in [0, 0.05) is 7.11 Å². The summed E-state index contributed by atoms with van der Waals surface area (Å²) >= 11 is 0. The summed E-state index contributed by atoms with van der Waals surface area (Å²) in [6.07, 6.45) is 0. The van der Waals surface area contributed by atoms with Gasteiger partial charge in [-0.2, -0.15) is 0 Å². The van der Waals surface area contributed by atoms with Crippen molar-refractivity contribution >= 4 is 42.4 Å². The zero-order chi connectivity index (χ0) is 30.7. The van der Waals surface area contributed by atoms with Crippen LogP contribution in [-0.4, -0.2) is 7.11 Å². The van der Waals surface area contributed by atoms with Gasteiger partial charge in [-0.15, -0.1) is 0 Å². The molecule has 43 heavy (non-hydrogen) atoms. The van der Waals surface area contributed by atoms with E-state index < -0.39 is 15.8 Å². The Bertz CT molecular complexity index is 1550. The van der Waals surface area contributed by atoms with Crippen molar-refractivity contribution in [2.24, 2.45) is 0 Å². The maximum atomic E-state index is 6.63. The van der Waals surface area contributed by atoms with Gasteiger partial charge < -0.3 is 4.74 Å². The van der Waals surface area contributed by atoms with Crippen molar-refractivity contribution in [3.8, 4) is 0 Å². The van der Waals surface area contributed by atoms with E-state index in [2.05, 4.69) is 164 Å². The SMILES string of the molecule is CO[C@@H](c1ccc(C(C)(C)C)cc1P(c1cc(C)cc(C)c1)c1cc(C)cc(C)c1)P(c1ccccc1)c1ccccc1. The second-order valence-corrected chi connectivity index (χ2v) is 17.1. The third kappa shape index (κ3) is 7.19. The van der Waals surface area contributed by atoms with Gasteiger partial charge in [-0.3, -0.25) is 0 Å². The van der Waals surface area contributed by atoms with E-state index in [1.165, 1.54) is 59.9 Å². The maximum absolute atomic E-state index is 6.63. The molecular formula is C40H44OP2. The minimum absolute atomic E-state index is 0.0193. The average Bonchev–Trinajstić information content (AvgIpc) is 2.95. The van der Waals surface area contributed by atoms with Gasteiger partial charge in [0.05, 0.1) is 0 Å². The maximum Gasteiger partial charge on any atom is 0.110 e. The van der Waals surface area contributed by atoms with Gasteiger partial charge in [-0.25, -0.2) is 0 Å². The molecule has 5 aromatic rings. The Balaban J connectivity index is 1.84. The van der Waals surface area contributed by atoms with E-state index in [4.69, 9.17) is 4.74 Å². The van der Waals surface area contributed by atoms with Crippen LogP contribution in [0.1, 0.15) is 60.0 Å². The van der Waals surface area contributed by atoms with Crippen molar-refractivity contribution in [2.75, 3.05) is 7.11 Å². The Morgan fingerprint density at radius 3 is 1.37 bits per heavy atom. The van der Waals surface area contributed by atoms with Gasteiger partial charge in [0.15, 0.2) is 0 Å². The zero-order valence-corrected chi connectivity index (χ0v) is 28.6. The number of methoxy groups -OCH3 is 1. The van der Waals surface area contributed by atoms with E-state index in [1.807, 2.05) is 7.11 Å². The summed E-state index contributed by atoms with van der Waals surface area (Å²) in [6.45, 7) is 15.8. The number of rotatable bonds is 8. The molecule has 0 saturated carbocycles. The highest BCUT2D eigenvalue weighted by atomic mass is 31.1. The molecule has 0 spiro atoms. The predicted molar refractivity (Wildman–Crippen MR) is 192 cm³/mol. The van der Waals surface area contributed by atoms with Crippen molar-refractivity contribution < 1.29 is 4.74 Å². The smallest absolute Gasteiger partial charge is 0.110 e. The molecule has 220 valence electrons. The average molecular weight is 603 g/mol. The highest BCUT2D eigenvalue weighted by molar-refractivity contribution is 7.80. The van der Waals surface area contributed by atoms with Crippen LogP contribution in [0.5, 0.6) is 0 Å². The van der Waals surface area contributed by atoms with Crippen LogP contribution in [-0.2, 0) is 10.2 Å². The van der Waals surface area contributed by atoms with Crippen LogP contribution in [0, 0.1) is 27.7 Å². The quantitative estimate of drug-likeness (QED) is 0.161. The van der Waals surface area contributed by atoms with E-state index in [9.17, 15) is 0 Å². The van der Waals surface area contributed by atoms with Crippen LogP contribution in [0.3, 0.4) is 0 Å². The first-order valence-electron chi connectivity index (χ1n) is 15.1. The fraction of sp³-hybridized carbons (Fsp3) is 0.250. The Hall–Kier alpha value is -3.08. The Kier molecular flexibility index (Phi) is 9.68. The predicted octanol–water partition coefficient (Wildman–Crippen LogP) is 8.75. The van der Waals surface area contributed by atoms with Gasteiger partial charge in [0.25, 0.3) is 0 Å². The largest absolute Gasteiger partial charge is 0.372 e. The summed E-state index contributed by atoms with van der Waals surface area (Å²) in [7, 11) is 0.183. The van der Waals surface area contributed by atoms with E-state index in [1.54, 1.807) is 0 Å². The van der Waals surface area contributed by atoms with Gasteiger partial charge in [0.1, 0.15) is 5.85 Å². The monoisotopic (exact) mass is 602 g/mol. The number of ether oxygens (including phenoxy) is 1. The lowest BCUT2D eigenvalue weighted by Crippen LogP contribution is -2.29. The molecule has 3 heteroatoms. The van der Waals surface area contributed by atoms with Crippen LogP contribution in [0.4, 0.5) is 0 Å². The number of hydrogen-bond donors (Lipinski definition) is 0. The lowest BCUT2D eigenvalue weighted by Gasteiger charge is -2.33. The molecule has 0 unspecified atom stereocenters. The van der Waals surface area contributed by atoms with Crippen LogP contribution in [0.25, 0.3) is 0 Å². The molecule has 0 aliphatic heterocycles. The first-order chi connectivity index (χ1) is 20.5. The van der Waals surface area contributed by atoms with Crippen molar-refractivity contribution in [3.05, 3.63) is 149 Å². The molecule has 0 saturated heterocycles. The Labute approximate surface area is 261 Å². The molecule has 0 N–H and O–H groups in total. The molecule has 0 fully saturated rings. The molecule has 0 aliphatic rings. The molecule has 1 nitrogen and oxygen atoms in total. The highest BCUT2D eigenvalue weighted by Gasteiger charge is 2.32. The number of aryl methyl sites for hydroxylation is 4. The summed E-state index contributed by atoms with van der Waals surface area (Å²) in [5, 5.41) is 6.82. The number of benzene rings is 5. The molecule has 0 aromatic heterocycles. The summed E-state index contributed by atoms with van der Waals surface area (Å²) in [5.41, 5.74) is 7.88. The molecule has 0 bridgehead atoms. The summed E-state index contributed by atoms with van der Waals surface area (Å²) in [6, 6.07) is 43.3. The summed E-state index contributed by atoms with van der Waals surface area (Å²) < 4.78 is 6.63. The minimum Gasteiger partial charge on any atom is -0.372 e. The molecule has 0 radical (unpaired) electrons. The van der Waals surface area contributed by atoms with E-state index >= 15 is 0 Å². The zero-order valence-electron chi connectivity index (χ0n) is 26.8. The molecule has 5 aromatic carbocycles. The third-order valence-corrected chi connectivity index (χ3v) is 12.9. The van der Waals surface area contributed by atoms with Gasteiger partial charge >= 0.3 is 0 Å². The third-order valence-electron chi connectivity index (χ3n) is 7.86. The second kappa shape index (κ2) is 13.3. The van der Waals surface area contributed by atoms with E-state index in [0.29, 0.717) is 0 Å². The van der Waals surface area contributed by atoms with Crippen molar-refractivity contribution in [2.45, 2.75) is 59.7 Å². The molecule has 0 amide bonds. The second-order valence-electron chi connectivity index (χ2n) is 12.7. The lowest BCUT2D eigenvalue weighted by molar-refractivity contribution is 0.173. The Morgan fingerprint density at radius 1 is 0.535 bits per heavy atom.